The summed E-state index contributed by atoms with van der Waals surface area (Å²) in [4.78, 5) is 7.91. The molecule has 0 fully saturated rings. The maximum absolute atomic E-state index is 12.8. The van der Waals surface area contributed by atoms with Crippen molar-refractivity contribution in [1.29, 1.82) is 0 Å². The van der Waals surface area contributed by atoms with Gasteiger partial charge < -0.3 is 4.74 Å². The van der Waals surface area contributed by atoms with E-state index < -0.39 is 24.0 Å². The van der Waals surface area contributed by atoms with Gasteiger partial charge in [0, 0.05) is 18.2 Å². The summed E-state index contributed by atoms with van der Waals surface area (Å²) in [6.45, 7) is 0.859. The molecule has 0 spiro atoms. The molecule has 3 nitrogen and oxygen atoms in total. The van der Waals surface area contributed by atoms with E-state index in [0.717, 1.165) is 25.3 Å². The molecule has 1 aliphatic heterocycles. The van der Waals surface area contributed by atoms with Crippen molar-refractivity contribution in [3.05, 3.63) is 53.3 Å². The topological polar surface area (TPSA) is 34.5 Å². The monoisotopic (exact) mass is 374 g/mol. The minimum Gasteiger partial charge on any atom is -0.479 e. The van der Waals surface area contributed by atoms with E-state index >= 15 is 0 Å². The van der Waals surface area contributed by atoms with Gasteiger partial charge in [0.2, 0.25) is 0 Å². The van der Waals surface area contributed by atoms with Gasteiger partial charge in [-0.25, -0.2) is 0 Å². The summed E-state index contributed by atoms with van der Waals surface area (Å²) in [5.74, 6) is -0.125. The predicted molar refractivity (Wildman–Crippen MR) is 81.7 cm³/mol. The van der Waals surface area contributed by atoms with E-state index in [1.54, 1.807) is 0 Å². The first-order valence-corrected chi connectivity index (χ1v) is 7.51. The number of nitrogens with zero attached hydrogens (tertiary/aromatic N) is 2. The maximum atomic E-state index is 12.8. The van der Waals surface area contributed by atoms with Crippen molar-refractivity contribution < 1.29 is 31.1 Å². The van der Waals surface area contributed by atoms with Crippen molar-refractivity contribution in [2.24, 2.45) is 4.99 Å². The highest BCUT2D eigenvalue weighted by Gasteiger charge is 2.38. The van der Waals surface area contributed by atoms with Crippen molar-refractivity contribution in [3.63, 3.8) is 0 Å². The van der Waals surface area contributed by atoms with E-state index in [-0.39, 0.29) is 23.4 Å². The van der Waals surface area contributed by atoms with Crippen LogP contribution in [-0.2, 0) is 12.6 Å². The smallest absolute Gasteiger partial charge is 0.425 e. The molecule has 1 aliphatic rings. The Bertz CT molecular complexity index is 857. The van der Waals surface area contributed by atoms with Gasteiger partial charge in [-0.2, -0.15) is 26.3 Å². The van der Waals surface area contributed by atoms with E-state index in [9.17, 15) is 26.3 Å². The first kappa shape index (κ1) is 18.2. The molecule has 0 N–H and O–H groups in total. The highest BCUT2D eigenvalue weighted by atomic mass is 19.4. The van der Waals surface area contributed by atoms with Crippen LogP contribution >= 0.6 is 0 Å². The van der Waals surface area contributed by atoms with Crippen LogP contribution in [0.3, 0.4) is 0 Å². The van der Waals surface area contributed by atoms with Crippen LogP contribution in [0.1, 0.15) is 23.6 Å². The van der Waals surface area contributed by atoms with Crippen molar-refractivity contribution >= 4 is 11.4 Å². The van der Waals surface area contributed by atoms with Gasteiger partial charge in [0.1, 0.15) is 5.75 Å². The third-order valence-electron chi connectivity index (χ3n) is 3.89. The fourth-order valence-electron chi connectivity index (χ4n) is 2.48. The van der Waals surface area contributed by atoms with Gasteiger partial charge in [0.05, 0.1) is 23.2 Å². The number of benzene rings is 1. The van der Waals surface area contributed by atoms with Crippen molar-refractivity contribution in [2.45, 2.75) is 31.8 Å². The molecule has 2 aromatic rings. The summed E-state index contributed by atoms with van der Waals surface area (Å²) in [6.07, 6.45) is -8.45. The van der Waals surface area contributed by atoms with Crippen LogP contribution in [-0.4, -0.2) is 23.0 Å². The quantitative estimate of drug-likeness (QED) is 0.700. The molecule has 0 saturated carbocycles. The zero-order valence-corrected chi connectivity index (χ0v) is 13.3. The summed E-state index contributed by atoms with van der Waals surface area (Å²) in [5.41, 5.74) is 0.450. The summed E-state index contributed by atoms with van der Waals surface area (Å²) >= 11 is 0. The van der Waals surface area contributed by atoms with Crippen LogP contribution in [0.4, 0.5) is 32.0 Å². The molecule has 1 aromatic heterocycles. The Morgan fingerprint density at radius 2 is 1.81 bits per heavy atom. The fourth-order valence-corrected chi connectivity index (χ4v) is 2.48. The van der Waals surface area contributed by atoms with E-state index in [1.807, 2.05) is 0 Å². The molecule has 0 amide bonds. The van der Waals surface area contributed by atoms with Crippen LogP contribution in [0.15, 0.2) is 41.7 Å². The lowest BCUT2D eigenvalue weighted by molar-refractivity contribution is -0.189. The van der Waals surface area contributed by atoms with Crippen molar-refractivity contribution in [2.75, 3.05) is 0 Å². The molecule has 9 heteroatoms. The average molecular weight is 374 g/mol. The number of rotatable bonds is 3. The van der Waals surface area contributed by atoms with Gasteiger partial charge in [-0.15, -0.1) is 0 Å². The number of halogens is 6. The SMILES string of the molecule is CC(Oc1cnccc1C1=Nc2cc(C(F)(F)F)ccc2C1)C(F)(F)F. The van der Waals surface area contributed by atoms with E-state index in [1.165, 1.54) is 18.3 Å². The van der Waals surface area contributed by atoms with E-state index in [4.69, 9.17) is 4.74 Å². The number of pyridine rings is 1. The molecule has 1 atom stereocenters. The summed E-state index contributed by atoms with van der Waals surface area (Å²) in [6, 6.07) is 4.61. The molecule has 0 radical (unpaired) electrons. The Morgan fingerprint density at radius 3 is 2.46 bits per heavy atom. The predicted octanol–water partition coefficient (Wildman–Crippen LogP) is 5.11. The van der Waals surface area contributed by atoms with Gasteiger partial charge in [0.25, 0.3) is 0 Å². The minimum atomic E-state index is -4.56. The Morgan fingerprint density at radius 1 is 1.08 bits per heavy atom. The highest BCUT2D eigenvalue weighted by Crippen LogP contribution is 2.37. The molecule has 2 heterocycles. The standard InChI is InChI=1S/C17H12F6N2O/c1-9(16(18,19)20)26-15-8-24-5-4-12(15)14-6-10-2-3-11(17(21,22)23)7-13(10)25-14/h2-5,7-9H,6H2,1H3. The Kier molecular flexibility index (Phi) is 4.41. The lowest BCUT2D eigenvalue weighted by Crippen LogP contribution is -2.31. The van der Waals surface area contributed by atoms with Gasteiger partial charge in [-0.3, -0.25) is 9.98 Å². The molecular weight excluding hydrogens is 362 g/mol. The van der Waals surface area contributed by atoms with Crippen LogP contribution in [0.5, 0.6) is 5.75 Å². The number of ether oxygens (including phenoxy) is 1. The molecular formula is C17H12F6N2O. The molecule has 0 saturated heterocycles. The second-order valence-electron chi connectivity index (χ2n) is 5.75. The second-order valence-corrected chi connectivity index (χ2v) is 5.75. The van der Waals surface area contributed by atoms with Crippen LogP contribution in [0.2, 0.25) is 0 Å². The minimum absolute atomic E-state index is 0.125. The zero-order valence-electron chi connectivity index (χ0n) is 13.3. The van der Waals surface area contributed by atoms with E-state index in [2.05, 4.69) is 9.98 Å². The lowest BCUT2D eigenvalue weighted by atomic mass is 10.0. The van der Waals surface area contributed by atoms with Crippen molar-refractivity contribution in [1.82, 2.24) is 4.98 Å². The lowest BCUT2D eigenvalue weighted by Gasteiger charge is -2.19. The first-order chi connectivity index (χ1) is 12.1. The number of fused-ring (bicyclic) bond motifs is 1. The second kappa shape index (κ2) is 6.30. The molecule has 1 unspecified atom stereocenters. The Labute approximate surface area is 144 Å². The van der Waals surface area contributed by atoms with Crippen LogP contribution < -0.4 is 4.74 Å². The fraction of sp³-hybridized carbons (Fsp3) is 0.294. The molecule has 0 aliphatic carbocycles. The number of aromatic nitrogens is 1. The average Bonchev–Trinajstić information content (AvgIpc) is 2.96. The zero-order chi connectivity index (χ0) is 19.1. The Hall–Kier alpha value is -2.58. The number of hydrogen-bond donors (Lipinski definition) is 0. The first-order valence-electron chi connectivity index (χ1n) is 7.51. The van der Waals surface area contributed by atoms with Gasteiger partial charge in [0.15, 0.2) is 6.10 Å². The third-order valence-corrected chi connectivity index (χ3v) is 3.89. The van der Waals surface area contributed by atoms with Crippen molar-refractivity contribution in [3.8, 4) is 5.75 Å². The third kappa shape index (κ3) is 3.66. The van der Waals surface area contributed by atoms with Crippen LogP contribution in [0, 0.1) is 0 Å². The van der Waals surface area contributed by atoms with Gasteiger partial charge >= 0.3 is 12.4 Å². The molecule has 3 rings (SSSR count). The molecule has 0 bridgehead atoms. The molecule has 138 valence electrons. The number of aliphatic imine (C=N–C) groups is 1. The summed E-state index contributed by atoms with van der Waals surface area (Å²) in [7, 11) is 0. The number of hydrogen-bond acceptors (Lipinski definition) is 3. The van der Waals surface area contributed by atoms with Crippen LogP contribution in [0.25, 0.3) is 0 Å². The highest BCUT2D eigenvalue weighted by molar-refractivity contribution is 6.08. The maximum Gasteiger partial charge on any atom is 0.425 e. The number of alkyl halides is 6. The largest absolute Gasteiger partial charge is 0.479 e. The summed E-state index contributed by atoms with van der Waals surface area (Å²) < 4.78 is 81.6. The van der Waals surface area contributed by atoms with E-state index in [0.29, 0.717) is 11.3 Å². The molecule has 26 heavy (non-hydrogen) atoms. The normalized spacial score (nSPS) is 15.4. The molecule has 1 aromatic carbocycles. The van der Waals surface area contributed by atoms with Gasteiger partial charge in [-0.1, -0.05) is 6.07 Å². The summed E-state index contributed by atoms with van der Waals surface area (Å²) in [5, 5.41) is 0. The van der Waals surface area contributed by atoms with Gasteiger partial charge in [-0.05, 0) is 30.7 Å². The Balaban J connectivity index is 1.93.